The van der Waals surface area contributed by atoms with Crippen molar-refractivity contribution < 1.29 is 13.2 Å². The van der Waals surface area contributed by atoms with Crippen molar-refractivity contribution in [3.8, 4) is 12.3 Å². The Hall–Kier alpha value is -1.84. The summed E-state index contributed by atoms with van der Waals surface area (Å²) >= 11 is 0. The predicted molar refractivity (Wildman–Crippen MR) is 86.8 cm³/mol. The Kier molecular flexibility index (Phi) is 5.22. The van der Waals surface area contributed by atoms with E-state index in [1.54, 1.807) is 31.2 Å². The number of sulfonamides is 1. The lowest BCUT2D eigenvalue weighted by molar-refractivity contribution is -0.120. The standard InChI is InChI=1S/C16H20N2O3S/c1-3-13-6-5-7-15(12-13)17-16(19)14-8-10-18(11-9-14)22(20,21)4-2/h1,5-7,12,14H,4,8-11H2,2H3,(H,17,19). The third-order valence-corrected chi connectivity index (χ3v) is 5.76. The largest absolute Gasteiger partial charge is 0.326 e. The number of piperidine rings is 1. The first-order chi connectivity index (χ1) is 10.5. The van der Waals surface area contributed by atoms with Gasteiger partial charge in [-0.25, -0.2) is 12.7 Å². The number of hydrogen-bond acceptors (Lipinski definition) is 3. The van der Waals surface area contributed by atoms with E-state index in [0.717, 1.165) is 0 Å². The van der Waals surface area contributed by atoms with Gasteiger partial charge in [-0.3, -0.25) is 4.79 Å². The number of amides is 1. The second-order valence-corrected chi connectivity index (χ2v) is 7.55. The summed E-state index contributed by atoms with van der Waals surface area (Å²) in [4.78, 5) is 12.3. The predicted octanol–water partition coefficient (Wildman–Crippen LogP) is 1.67. The van der Waals surface area contributed by atoms with Gasteiger partial charge in [-0.1, -0.05) is 12.0 Å². The van der Waals surface area contributed by atoms with Crippen LogP contribution >= 0.6 is 0 Å². The van der Waals surface area contributed by atoms with Gasteiger partial charge in [-0.2, -0.15) is 0 Å². The van der Waals surface area contributed by atoms with E-state index in [-0.39, 0.29) is 17.6 Å². The highest BCUT2D eigenvalue weighted by Crippen LogP contribution is 2.22. The first-order valence-electron chi connectivity index (χ1n) is 7.31. The second-order valence-electron chi connectivity index (χ2n) is 5.29. The molecule has 0 saturated carbocycles. The van der Waals surface area contributed by atoms with Crippen LogP contribution in [0, 0.1) is 18.3 Å². The van der Waals surface area contributed by atoms with Crippen LogP contribution in [0.15, 0.2) is 24.3 Å². The second kappa shape index (κ2) is 6.95. The fourth-order valence-electron chi connectivity index (χ4n) is 2.51. The SMILES string of the molecule is C#Cc1cccc(NC(=O)C2CCN(S(=O)(=O)CC)CC2)c1. The van der Waals surface area contributed by atoms with Gasteiger partial charge in [-0.15, -0.1) is 6.42 Å². The molecule has 0 aliphatic carbocycles. The zero-order valence-corrected chi connectivity index (χ0v) is 13.4. The van der Waals surface area contributed by atoms with Crippen molar-refractivity contribution in [1.82, 2.24) is 4.31 Å². The maximum atomic E-state index is 12.3. The zero-order chi connectivity index (χ0) is 16.2. The van der Waals surface area contributed by atoms with E-state index < -0.39 is 10.0 Å². The maximum absolute atomic E-state index is 12.3. The van der Waals surface area contributed by atoms with Crippen LogP contribution in [0.4, 0.5) is 5.69 Å². The molecule has 1 aliphatic rings. The highest BCUT2D eigenvalue weighted by Gasteiger charge is 2.30. The van der Waals surface area contributed by atoms with Crippen LogP contribution in [0.25, 0.3) is 0 Å². The van der Waals surface area contributed by atoms with Gasteiger partial charge < -0.3 is 5.32 Å². The van der Waals surface area contributed by atoms with E-state index in [0.29, 0.717) is 37.2 Å². The summed E-state index contributed by atoms with van der Waals surface area (Å²) in [6, 6.07) is 7.12. The third-order valence-electron chi connectivity index (χ3n) is 3.88. The smallest absolute Gasteiger partial charge is 0.227 e. The lowest BCUT2D eigenvalue weighted by Gasteiger charge is -2.30. The molecule has 1 saturated heterocycles. The van der Waals surface area contributed by atoms with Gasteiger partial charge in [0, 0.05) is 30.3 Å². The summed E-state index contributed by atoms with van der Waals surface area (Å²) in [7, 11) is -3.16. The van der Waals surface area contributed by atoms with Crippen LogP contribution in [0.1, 0.15) is 25.3 Å². The first kappa shape index (κ1) is 16.5. The summed E-state index contributed by atoms with van der Waals surface area (Å²) in [6.45, 7) is 2.43. The third kappa shape index (κ3) is 3.87. The normalized spacial score (nSPS) is 16.9. The molecule has 1 aromatic rings. The molecule has 0 unspecified atom stereocenters. The van der Waals surface area contributed by atoms with Crippen molar-refractivity contribution in [1.29, 1.82) is 0 Å². The first-order valence-corrected chi connectivity index (χ1v) is 8.92. The van der Waals surface area contributed by atoms with Crippen LogP contribution < -0.4 is 5.32 Å². The summed E-state index contributed by atoms with van der Waals surface area (Å²) in [5, 5.41) is 2.85. The Morgan fingerprint density at radius 3 is 2.68 bits per heavy atom. The molecule has 118 valence electrons. The van der Waals surface area contributed by atoms with E-state index in [1.165, 1.54) is 4.31 Å². The highest BCUT2D eigenvalue weighted by atomic mass is 32.2. The molecule has 1 aromatic carbocycles. The van der Waals surface area contributed by atoms with Gasteiger partial charge >= 0.3 is 0 Å². The van der Waals surface area contributed by atoms with E-state index in [9.17, 15) is 13.2 Å². The van der Waals surface area contributed by atoms with Crippen LogP contribution in [-0.4, -0.2) is 37.5 Å². The fourth-order valence-corrected chi connectivity index (χ4v) is 3.64. The summed E-state index contributed by atoms with van der Waals surface area (Å²) < 4.78 is 25.1. The number of nitrogens with one attached hydrogen (secondary N) is 1. The average Bonchev–Trinajstić information content (AvgIpc) is 2.55. The van der Waals surface area contributed by atoms with Crippen LogP contribution in [0.2, 0.25) is 0 Å². The molecule has 1 N–H and O–H groups in total. The molecule has 5 nitrogen and oxygen atoms in total. The van der Waals surface area contributed by atoms with Crippen molar-refractivity contribution in [2.24, 2.45) is 5.92 Å². The van der Waals surface area contributed by atoms with Crippen molar-refractivity contribution >= 4 is 21.6 Å². The van der Waals surface area contributed by atoms with Gasteiger partial charge in [0.05, 0.1) is 5.75 Å². The van der Waals surface area contributed by atoms with Gasteiger partial charge in [-0.05, 0) is 38.0 Å². The molecule has 0 spiro atoms. The average molecular weight is 320 g/mol. The maximum Gasteiger partial charge on any atom is 0.227 e. The Bertz CT molecular complexity index is 684. The van der Waals surface area contributed by atoms with Crippen molar-refractivity contribution in [2.75, 3.05) is 24.2 Å². The van der Waals surface area contributed by atoms with Gasteiger partial charge in [0.1, 0.15) is 0 Å². The van der Waals surface area contributed by atoms with Crippen molar-refractivity contribution in [3.63, 3.8) is 0 Å². The van der Waals surface area contributed by atoms with E-state index >= 15 is 0 Å². The Morgan fingerprint density at radius 1 is 1.41 bits per heavy atom. The molecule has 1 aliphatic heterocycles. The molecule has 0 bridgehead atoms. The molecule has 0 aromatic heterocycles. The van der Waals surface area contributed by atoms with Crippen LogP contribution in [0.3, 0.4) is 0 Å². The Balaban J connectivity index is 1.94. The molecular formula is C16H20N2O3S. The number of terminal acetylenes is 1. The van der Waals surface area contributed by atoms with Gasteiger partial charge in [0.25, 0.3) is 0 Å². The molecule has 1 fully saturated rings. The summed E-state index contributed by atoms with van der Waals surface area (Å²) in [5.74, 6) is 2.37. The van der Waals surface area contributed by atoms with Gasteiger partial charge in [0.15, 0.2) is 0 Å². The fraction of sp³-hybridized carbons (Fsp3) is 0.438. The lowest BCUT2D eigenvalue weighted by atomic mass is 9.97. The monoisotopic (exact) mass is 320 g/mol. The molecule has 0 radical (unpaired) electrons. The number of anilines is 1. The van der Waals surface area contributed by atoms with E-state index in [4.69, 9.17) is 6.42 Å². The molecular weight excluding hydrogens is 300 g/mol. The quantitative estimate of drug-likeness (QED) is 0.858. The molecule has 22 heavy (non-hydrogen) atoms. The molecule has 2 rings (SSSR count). The minimum atomic E-state index is -3.16. The Labute approximate surface area is 131 Å². The van der Waals surface area contributed by atoms with Crippen LogP contribution in [-0.2, 0) is 14.8 Å². The number of carbonyl (C=O) groups is 1. The number of carbonyl (C=O) groups excluding carboxylic acids is 1. The number of benzene rings is 1. The molecule has 1 amide bonds. The van der Waals surface area contributed by atoms with Crippen molar-refractivity contribution in [2.45, 2.75) is 19.8 Å². The van der Waals surface area contributed by atoms with Crippen LogP contribution in [0.5, 0.6) is 0 Å². The molecule has 0 atom stereocenters. The minimum absolute atomic E-state index is 0.0808. The molecule has 1 heterocycles. The van der Waals surface area contributed by atoms with E-state index in [2.05, 4.69) is 11.2 Å². The topological polar surface area (TPSA) is 66.5 Å². The Morgan fingerprint density at radius 2 is 2.09 bits per heavy atom. The zero-order valence-electron chi connectivity index (χ0n) is 12.6. The van der Waals surface area contributed by atoms with E-state index in [1.807, 2.05) is 0 Å². The van der Waals surface area contributed by atoms with Crippen molar-refractivity contribution in [3.05, 3.63) is 29.8 Å². The summed E-state index contributed by atoms with van der Waals surface area (Å²) in [6.07, 6.45) is 6.42. The minimum Gasteiger partial charge on any atom is -0.326 e. The highest BCUT2D eigenvalue weighted by molar-refractivity contribution is 7.89. The summed E-state index contributed by atoms with van der Waals surface area (Å²) in [5.41, 5.74) is 1.38. The van der Waals surface area contributed by atoms with Gasteiger partial charge in [0.2, 0.25) is 15.9 Å². The molecule has 6 heteroatoms. The number of nitrogens with zero attached hydrogens (tertiary/aromatic N) is 1. The number of rotatable bonds is 4. The number of hydrogen-bond donors (Lipinski definition) is 1. The lowest BCUT2D eigenvalue weighted by Crippen LogP contribution is -2.42.